The van der Waals surface area contributed by atoms with E-state index in [1.54, 1.807) is 14.2 Å². The lowest BCUT2D eigenvalue weighted by Crippen LogP contribution is -2.32. The van der Waals surface area contributed by atoms with Crippen LogP contribution in [0.4, 0.5) is 0 Å². The maximum Gasteiger partial charge on any atom is 0.152 e. The molecule has 0 heterocycles. The Morgan fingerprint density at radius 1 is 1.29 bits per heavy atom. The summed E-state index contributed by atoms with van der Waals surface area (Å²) in [4.78, 5) is 10.0. The minimum atomic E-state index is 0.0138. The summed E-state index contributed by atoms with van der Waals surface area (Å²) in [6.07, 6.45) is 5.21. The van der Waals surface area contributed by atoms with Crippen molar-refractivity contribution in [1.29, 1.82) is 0 Å². The number of aliphatic imine (C=N–C) groups is 1. The van der Waals surface area contributed by atoms with E-state index in [4.69, 9.17) is 9.57 Å². The summed E-state index contributed by atoms with van der Waals surface area (Å²) < 4.78 is 5.16. The summed E-state index contributed by atoms with van der Waals surface area (Å²) in [6, 6.07) is 7.70. The van der Waals surface area contributed by atoms with Crippen LogP contribution in [0.5, 0.6) is 5.75 Å². The van der Waals surface area contributed by atoms with Gasteiger partial charge in [-0.25, -0.2) is 5.48 Å². The zero-order chi connectivity index (χ0) is 15.7. The number of allylic oxidation sites excluding steroid dienone is 1. The number of nitrogens with one attached hydrogen (secondary N) is 1. The van der Waals surface area contributed by atoms with Crippen molar-refractivity contribution in [3.8, 4) is 5.75 Å². The predicted molar refractivity (Wildman–Crippen MR) is 87.7 cm³/mol. The lowest BCUT2D eigenvalue weighted by Gasteiger charge is -2.19. The number of nitrogens with zero attached hydrogens (tertiary/aromatic N) is 1. The second kappa shape index (κ2) is 9.19. The molecule has 0 radical (unpaired) electrons. The molecule has 0 aliphatic carbocycles. The van der Waals surface area contributed by atoms with Crippen LogP contribution >= 0.6 is 0 Å². The van der Waals surface area contributed by atoms with Crippen LogP contribution in [0.2, 0.25) is 0 Å². The van der Waals surface area contributed by atoms with E-state index >= 15 is 0 Å². The number of hydroxylamine groups is 1. The van der Waals surface area contributed by atoms with Gasteiger partial charge in [0.1, 0.15) is 11.9 Å². The van der Waals surface area contributed by atoms with Gasteiger partial charge in [0.05, 0.1) is 7.11 Å². The molecule has 0 spiro atoms. The van der Waals surface area contributed by atoms with Crippen molar-refractivity contribution in [2.75, 3.05) is 14.2 Å². The largest absolute Gasteiger partial charge is 0.497 e. The van der Waals surface area contributed by atoms with Crippen molar-refractivity contribution in [2.45, 2.75) is 33.3 Å². The Balaban J connectivity index is 2.70. The summed E-state index contributed by atoms with van der Waals surface area (Å²) in [7, 11) is 3.39. The van der Waals surface area contributed by atoms with Gasteiger partial charge in [0.25, 0.3) is 0 Å². The van der Waals surface area contributed by atoms with E-state index in [-0.39, 0.29) is 6.10 Å². The Hall–Kier alpha value is -1.81. The van der Waals surface area contributed by atoms with Gasteiger partial charge in [-0.2, -0.15) is 0 Å². The molecule has 1 aromatic rings. The monoisotopic (exact) mass is 290 g/mol. The summed E-state index contributed by atoms with van der Waals surface area (Å²) in [5.41, 5.74) is 3.93. The third kappa shape index (κ3) is 5.60. The number of ether oxygens (including phenoxy) is 1. The molecule has 0 fully saturated rings. The molecule has 0 amide bonds. The highest BCUT2D eigenvalue weighted by molar-refractivity contribution is 5.98. The smallest absolute Gasteiger partial charge is 0.152 e. The van der Waals surface area contributed by atoms with Crippen LogP contribution in [-0.2, 0) is 4.84 Å². The number of hydrogen-bond donors (Lipinski definition) is 1. The molecule has 0 saturated carbocycles. The van der Waals surface area contributed by atoms with E-state index in [1.807, 2.05) is 24.3 Å². The normalized spacial score (nSPS) is 13.7. The standard InChI is InChI=1S/C17H26N2O2/c1-6-7-8-16(13(2)3)21-19-17(18-4)14-9-11-15(20-5)12-10-14/h7-13,16H,6H2,1-5H3,(H,18,19)/b8-7-. The fourth-order valence-electron chi connectivity index (χ4n) is 1.77. The van der Waals surface area contributed by atoms with E-state index in [0.29, 0.717) is 11.8 Å². The Morgan fingerprint density at radius 3 is 2.43 bits per heavy atom. The minimum Gasteiger partial charge on any atom is -0.497 e. The molecular formula is C17H26N2O2. The first kappa shape index (κ1) is 17.2. The summed E-state index contributed by atoms with van der Waals surface area (Å²) in [6.45, 7) is 6.36. The van der Waals surface area contributed by atoms with E-state index in [2.05, 4.69) is 43.4 Å². The van der Waals surface area contributed by atoms with Crippen molar-refractivity contribution in [1.82, 2.24) is 5.48 Å². The van der Waals surface area contributed by atoms with E-state index in [9.17, 15) is 0 Å². The van der Waals surface area contributed by atoms with Gasteiger partial charge in [0, 0.05) is 12.6 Å². The molecule has 0 saturated heterocycles. The van der Waals surface area contributed by atoms with Gasteiger partial charge >= 0.3 is 0 Å². The van der Waals surface area contributed by atoms with Crippen LogP contribution in [0.3, 0.4) is 0 Å². The molecule has 1 rings (SSSR count). The van der Waals surface area contributed by atoms with Gasteiger partial charge in [0.15, 0.2) is 5.84 Å². The third-order valence-corrected chi connectivity index (χ3v) is 3.10. The van der Waals surface area contributed by atoms with Gasteiger partial charge in [0.2, 0.25) is 0 Å². The average molecular weight is 290 g/mol. The number of hydrogen-bond acceptors (Lipinski definition) is 3. The molecule has 1 aromatic carbocycles. The Morgan fingerprint density at radius 2 is 1.95 bits per heavy atom. The van der Waals surface area contributed by atoms with E-state index in [0.717, 1.165) is 17.7 Å². The highest BCUT2D eigenvalue weighted by Gasteiger charge is 2.12. The van der Waals surface area contributed by atoms with Crippen LogP contribution in [-0.4, -0.2) is 26.1 Å². The second-order valence-electron chi connectivity index (χ2n) is 5.07. The lowest BCUT2D eigenvalue weighted by molar-refractivity contribution is 0.0133. The maximum atomic E-state index is 5.77. The van der Waals surface area contributed by atoms with Crippen molar-refractivity contribution < 1.29 is 9.57 Å². The van der Waals surface area contributed by atoms with Crippen LogP contribution in [0, 0.1) is 5.92 Å². The Bertz CT molecular complexity index is 464. The predicted octanol–water partition coefficient (Wildman–Crippen LogP) is 3.58. The van der Waals surface area contributed by atoms with Crippen molar-refractivity contribution >= 4 is 5.84 Å². The molecule has 1 atom stereocenters. The molecule has 1 unspecified atom stereocenters. The van der Waals surface area contributed by atoms with Crippen LogP contribution < -0.4 is 10.2 Å². The number of methoxy groups -OCH3 is 1. The topological polar surface area (TPSA) is 42.8 Å². The lowest BCUT2D eigenvalue weighted by atomic mass is 10.1. The van der Waals surface area contributed by atoms with Crippen molar-refractivity contribution in [2.24, 2.45) is 10.9 Å². The van der Waals surface area contributed by atoms with Crippen molar-refractivity contribution in [3.05, 3.63) is 42.0 Å². The molecule has 0 aliphatic rings. The van der Waals surface area contributed by atoms with Crippen LogP contribution in [0.1, 0.15) is 32.8 Å². The molecule has 0 bridgehead atoms. The maximum absolute atomic E-state index is 5.77. The highest BCUT2D eigenvalue weighted by atomic mass is 16.7. The number of benzene rings is 1. The SMILES string of the molecule is CC/C=C\C(ONC(=NC)c1ccc(OC)cc1)C(C)C. The van der Waals surface area contributed by atoms with Crippen LogP contribution in [0.25, 0.3) is 0 Å². The Kier molecular flexibility index (Phi) is 7.54. The number of amidine groups is 1. The molecule has 21 heavy (non-hydrogen) atoms. The molecule has 1 N–H and O–H groups in total. The highest BCUT2D eigenvalue weighted by Crippen LogP contribution is 2.12. The summed E-state index contributed by atoms with van der Waals surface area (Å²) in [5.74, 6) is 1.91. The molecular weight excluding hydrogens is 264 g/mol. The second-order valence-corrected chi connectivity index (χ2v) is 5.07. The van der Waals surface area contributed by atoms with Gasteiger partial charge < -0.3 is 4.74 Å². The quantitative estimate of drug-likeness (QED) is 0.361. The van der Waals surface area contributed by atoms with Gasteiger partial charge in [-0.15, -0.1) is 0 Å². The molecule has 116 valence electrons. The molecule has 0 aromatic heterocycles. The fraction of sp³-hybridized carbons (Fsp3) is 0.471. The summed E-state index contributed by atoms with van der Waals surface area (Å²) >= 11 is 0. The van der Waals surface area contributed by atoms with Gasteiger partial charge in [-0.05, 0) is 36.6 Å². The fourth-order valence-corrected chi connectivity index (χ4v) is 1.77. The summed E-state index contributed by atoms with van der Waals surface area (Å²) in [5, 5.41) is 0. The van der Waals surface area contributed by atoms with Crippen LogP contribution in [0.15, 0.2) is 41.4 Å². The van der Waals surface area contributed by atoms with E-state index < -0.39 is 0 Å². The van der Waals surface area contributed by atoms with E-state index in [1.165, 1.54) is 0 Å². The third-order valence-electron chi connectivity index (χ3n) is 3.10. The van der Waals surface area contributed by atoms with Crippen molar-refractivity contribution in [3.63, 3.8) is 0 Å². The first-order valence-corrected chi connectivity index (χ1v) is 7.31. The first-order valence-electron chi connectivity index (χ1n) is 7.31. The van der Waals surface area contributed by atoms with Gasteiger partial charge in [-0.3, -0.25) is 9.83 Å². The van der Waals surface area contributed by atoms with Gasteiger partial charge in [-0.1, -0.05) is 32.9 Å². The first-order chi connectivity index (χ1) is 10.1. The number of rotatable bonds is 7. The minimum absolute atomic E-state index is 0.0138. The molecule has 0 aliphatic heterocycles. The molecule has 4 heteroatoms. The zero-order valence-electron chi connectivity index (χ0n) is 13.6. The average Bonchev–Trinajstić information content (AvgIpc) is 2.51. The molecule has 4 nitrogen and oxygen atoms in total. The Labute approximate surface area is 127 Å². The zero-order valence-corrected chi connectivity index (χ0v) is 13.6.